The minimum absolute atomic E-state index is 0. The van der Waals surface area contributed by atoms with E-state index in [9.17, 15) is 4.79 Å². The second-order valence-electron chi connectivity index (χ2n) is 4.92. The maximum atomic E-state index is 12.1. The molecule has 6 heteroatoms. The molecule has 0 unspecified atom stereocenters. The number of halogens is 1. The van der Waals surface area contributed by atoms with Crippen LogP contribution < -0.4 is 20.1 Å². The Kier molecular flexibility index (Phi) is 7.32. The highest BCUT2D eigenvalue weighted by atomic mass is 35.5. The standard InChI is InChI=1S/C15H22N2O3.ClH/c1-19-13-4-3-12(14(9-13)20-2)10-17-15(18)11-5-7-16-8-6-11;/h3-4,9,11,16H,5-8,10H2,1-2H3,(H,17,18);1H. The average Bonchev–Trinajstić information content (AvgIpc) is 2.53. The molecule has 1 saturated heterocycles. The Morgan fingerprint density at radius 3 is 2.62 bits per heavy atom. The molecule has 0 bridgehead atoms. The average molecular weight is 315 g/mol. The zero-order chi connectivity index (χ0) is 14.4. The molecule has 21 heavy (non-hydrogen) atoms. The lowest BCUT2D eigenvalue weighted by Gasteiger charge is -2.22. The number of piperidine rings is 1. The minimum atomic E-state index is 0. The summed E-state index contributed by atoms with van der Waals surface area (Å²) in [5, 5.41) is 6.25. The van der Waals surface area contributed by atoms with Gasteiger partial charge < -0.3 is 20.1 Å². The third-order valence-corrected chi connectivity index (χ3v) is 3.66. The molecule has 118 valence electrons. The van der Waals surface area contributed by atoms with Crippen LogP contribution in [0.1, 0.15) is 18.4 Å². The van der Waals surface area contributed by atoms with Gasteiger partial charge in [-0.05, 0) is 38.1 Å². The number of carbonyl (C=O) groups is 1. The molecule has 2 N–H and O–H groups in total. The summed E-state index contributed by atoms with van der Waals surface area (Å²) in [6.07, 6.45) is 1.82. The summed E-state index contributed by atoms with van der Waals surface area (Å²) in [5.41, 5.74) is 0.954. The number of ether oxygens (including phenoxy) is 2. The summed E-state index contributed by atoms with van der Waals surface area (Å²) in [6.45, 7) is 2.32. The number of hydrogen-bond acceptors (Lipinski definition) is 4. The first-order chi connectivity index (χ1) is 9.74. The molecule has 0 spiro atoms. The fourth-order valence-corrected chi connectivity index (χ4v) is 2.41. The molecule has 0 aromatic heterocycles. The quantitative estimate of drug-likeness (QED) is 0.869. The van der Waals surface area contributed by atoms with Gasteiger partial charge in [-0.25, -0.2) is 0 Å². The summed E-state index contributed by atoms with van der Waals surface area (Å²) in [6, 6.07) is 5.61. The first-order valence-corrected chi connectivity index (χ1v) is 6.94. The summed E-state index contributed by atoms with van der Waals surface area (Å²) in [4.78, 5) is 12.1. The predicted octanol–water partition coefficient (Wildman–Crippen LogP) is 1.74. The molecule has 2 rings (SSSR count). The Morgan fingerprint density at radius 2 is 2.00 bits per heavy atom. The van der Waals surface area contributed by atoms with E-state index < -0.39 is 0 Å². The molecule has 0 saturated carbocycles. The van der Waals surface area contributed by atoms with Crippen LogP contribution in [0.25, 0.3) is 0 Å². The van der Waals surface area contributed by atoms with Gasteiger partial charge in [0.05, 0.1) is 14.2 Å². The molecule has 1 aliphatic heterocycles. The van der Waals surface area contributed by atoms with Crippen LogP contribution in [0.2, 0.25) is 0 Å². The van der Waals surface area contributed by atoms with Crippen molar-refractivity contribution in [1.29, 1.82) is 0 Å². The van der Waals surface area contributed by atoms with E-state index >= 15 is 0 Å². The molecular formula is C15H23ClN2O3. The van der Waals surface area contributed by atoms with Gasteiger partial charge in [0.1, 0.15) is 11.5 Å². The lowest BCUT2D eigenvalue weighted by Crippen LogP contribution is -2.37. The van der Waals surface area contributed by atoms with Gasteiger partial charge >= 0.3 is 0 Å². The third-order valence-electron chi connectivity index (χ3n) is 3.66. The van der Waals surface area contributed by atoms with Crippen LogP contribution in [0.3, 0.4) is 0 Å². The molecule has 1 aromatic carbocycles. The lowest BCUT2D eigenvalue weighted by atomic mass is 9.97. The molecule has 1 aromatic rings. The first-order valence-electron chi connectivity index (χ1n) is 6.94. The van der Waals surface area contributed by atoms with Crippen molar-refractivity contribution < 1.29 is 14.3 Å². The van der Waals surface area contributed by atoms with E-state index in [1.54, 1.807) is 14.2 Å². The fraction of sp³-hybridized carbons (Fsp3) is 0.533. The smallest absolute Gasteiger partial charge is 0.223 e. The van der Waals surface area contributed by atoms with Gasteiger partial charge in [-0.3, -0.25) is 4.79 Å². The van der Waals surface area contributed by atoms with Crippen molar-refractivity contribution in [2.75, 3.05) is 27.3 Å². The summed E-state index contributed by atoms with van der Waals surface area (Å²) in [5.74, 6) is 1.73. The molecule has 1 heterocycles. The van der Waals surface area contributed by atoms with Crippen LogP contribution in [-0.4, -0.2) is 33.2 Å². The van der Waals surface area contributed by atoms with Crippen LogP contribution in [0.4, 0.5) is 0 Å². The Labute approximate surface area is 131 Å². The fourth-order valence-electron chi connectivity index (χ4n) is 2.41. The minimum Gasteiger partial charge on any atom is -0.497 e. The van der Waals surface area contributed by atoms with E-state index in [0.717, 1.165) is 43.0 Å². The monoisotopic (exact) mass is 314 g/mol. The van der Waals surface area contributed by atoms with Crippen molar-refractivity contribution >= 4 is 18.3 Å². The van der Waals surface area contributed by atoms with Crippen molar-refractivity contribution in [3.63, 3.8) is 0 Å². The molecule has 0 aliphatic carbocycles. The number of hydrogen-bond donors (Lipinski definition) is 2. The van der Waals surface area contributed by atoms with E-state index in [1.165, 1.54) is 0 Å². The van der Waals surface area contributed by atoms with Crippen molar-refractivity contribution in [2.24, 2.45) is 5.92 Å². The second kappa shape index (κ2) is 8.74. The van der Waals surface area contributed by atoms with Gasteiger partial charge in [0, 0.05) is 24.1 Å². The molecule has 1 amide bonds. The van der Waals surface area contributed by atoms with Crippen molar-refractivity contribution in [3.8, 4) is 11.5 Å². The van der Waals surface area contributed by atoms with Gasteiger partial charge in [-0.15, -0.1) is 12.4 Å². The normalized spacial score (nSPS) is 15.0. The summed E-state index contributed by atoms with van der Waals surface area (Å²) >= 11 is 0. The Hall–Kier alpha value is -1.46. The van der Waals surface area contributed by atoms with Crippen LogP contribution in [-0.2, 0) is 11.3 Å². The van der Waals surface area contributed by atoms with E-state index in [2.05, 4.69) is 10.6 Å². The summed E-state index contributed by atoms with van der Waals surface area (Å²) in [7, 11) is 3.24. The van der Waals surface area contributed by atoms with Gasteiger partial charge in [0.2, 0.25) is 5.91 Å². The van der Waals surface area contributed by atoms with Crippen LogP contribution >= 0.6 is 12.4 Å². The highest BCUT2D eigenvalue weighted by molar-refractivity contribution is 5.85. The molecule has 1 fully saturated rings. The zero-order valence-electron chi connectivity index (χ0n) is 12.5. The molecule has 0 atom stereocenters. The highest BCUT2D eigenvalue weighted by Crippen LogP contribution is 2.24. The van der Waals surface area contributed by atoms with Gasteiger partial charge in [-0.2, -0.15) is 0 Å². The van der Waals surface area contributed by atoms with Crippen molar-refractivity contribution in [2.45, 2.75) is 19.4 Å². The summed E-state index contributed by atoms with van der Waals surface area (Å²) < 4.78 is 10.5. The Balaban J connectivity index is 0.00000220. The topological polar surface area (TPSA) is 59.6 Å². The Bertz CT molecular complexity index is 462. The molecular weight excluding hydrogens is 292 g/mol. The number of methoxy groups -OCH3 is 2. The molecule has 5 nitrogen and oxygen atoms in total. The molecule has 1 aliphatic rings. The first kappa shape index (κ1) is 17.6. The van der Waals surface area contributed by atoms with E-state index in [4.69, 9.17) is 9.47 Å². The number of amides is 1. The van der Waals surface area contributed by atoms with E-state index in [-0.39, 0.29) is 24.2 Å². The molecule has 0 radical (unpaired) electrons. The predicted molar refractivity (Wildman–Crippen MR) is 84.2 cm³/mol. The largest absolute Gasteiger partial charge is 0.497 e. The van der Waals surface area contributed by atoms with Gasteiger partial charge in [-0.1, -0.05) is 0 Å². The van der Waals surface area contributed by atoms with E-state index in [1.807, 2.05) is 18.2 Å². The van der Waals surface area contributed by atoms with Crippen LogP contribution in [0, 0.1) is 5.92 Å². The number of carbonyl (C=O) groups excluding carboxylic acids is 1. The SMILES string of the molecule is COc1ccc(CNC(=O)C2CCNCC2)c(OC)c1.Cl. The van der Waals surface area contributed by atoms with Crippen LogP contribution in [0.5, 0.6) is 11.5 Å². The maximum Gasteiger partial charge on any atom is 0.223 e. The van der Waals surface area contributed by atoms with Crippen molar-refractivity contribution in [1.82, 2.24) is 10.6 Å². The maximum absolute atomic E-state index is 12.1. The van der Waals surface area contributed by atoms with Crippen LogP contribution in [0.15, 0.2) is 18.2 Å². The van der Waals surface area contributed by atoms with Crippen molar-refractivity contribution in [3.05, 3.63) is 23.8 Å². The third kappa shape index (κ3) is 4.79. The van der Waals surface area contributed by atoms with E-state index in [0.29, 0.717) is 6.54 Å². The van der Waals surface area contributed by atoms with Gasteiger partial charge in [0.15, 0.2) is 0 Å². The number of benzene rings is 1. The second-order valence-corrected chi connectivity index (χ2v) is 4.92. The number of rotatable bonds is 5. The van der Waals surface area contributed by atoms with Gasteiger partial charge in [0.25, 0.3) is 0 Å². The highest BCUT2D eigenvalue weighted by Gasteiger charge is 2.20. The Morgan fingerprint density at radius 1 is 1.29 bits per heavy atom. The lowest BCUT2D eigenvalue weighted by molar-refractivity contribution is -0.125. The number of nitrogens with one attached hydrogen (secondary N) is 2. The zero-order valence-corrected chi connectivity index (χ0v) is 13.3.